The molecule has 0 aromatic heterocycles. The van der Waals surface area contributed by atoms with Crippen LogP contribution in [-0.2, 0) is 14.3 Å². The van der Waals surface area contributed by atoms with Crippen LogP contribution in [0.1, 0.15) is 17.3 Å². The number of benzene rings is 1. The van der Waals surface area contributed by atoms with Crippen LogP contribution in [0.3, 0.4) is 0 Å². The molecule has 0 saturated carbocycles. The quantitative estimate of drug-likeness (QED) is 0.732. The lowest BCUT2D eigenvalue weighted by molar-refractivity contribution is -0.147. The van der Waals surface area contributed by atoms with Crippen molar-refractivity contribution in [1.82, 2.24) is 0 Å². The predicted molar refractivity (Wildman–Crippen MR) is 56.1 cm³/mol. The third-order valence-corrected chi connectivity index (χ3v) is 2.63. The lowest BCUT2D eigenvalue weighted by atomic mass is 10.1. The summed E-state index contributed by atoms with van der Waals surface area (Å²) in [5, 5.41) is 0. The Morgan fingerprint density at radius 3 is 2.65 bits per heavy atom. The van der Waals surface area contributed by atoms with Gasteiger partial charge in [-0.05, 0) is 19.1 Å². The number of ether oxygens (including phenoxy) is 2. The molecule has 0 bridgehead atoms. The number of esters is 2. The summed E-state index contributed by atoms with van der Waals surface area (Å²) in [6.07, 6.45) is -1.19. The maximum atomic E-state index is 13.8. The number of hydrogen-bond donors (Lipinski definition) is 0. The second-order valence-electron chi connectivity index (χ2n) is 3.93. The molecule has 0 aliphatic carbocycles. The lowest BCUT2D eigenvalue weighted by Crippen LogP contribution is -2.39. The van der Waals surface area contributed by atoms with E-state index >= 15 is 0 Å². The molecular weight excluding hydrogens is 227 g/mol. The third kappa shape index (κ3) is 2.13. The van der Waals surface area contributed by atoms with Gasteiger partial charge >= 0.3 is 11.9 Å². The van der Waals surface area contributed by atoms with E-state index in [-0.39, 0.29) is 6.61 Å². The van der Waals surface area contributed by atoms with E-state index in [1.165, 1.54) is 0 Å². The monoisotopic (exact) mass is 238 g/mol. The first-order valence-electron chi connectivity index (χ1n) is 5.14. The van der Waals surface area contributed by atoms with Gasteiger partial charge in [0, 0.05) is 0 Å². The number of cyclic esters (lactones) is 1. The second kappa shape index (κ2) is 4.16. The van der Waals surface area contributed by atoms with E-state index in [1.807, 2.05) is 0 Å². The third-order valence-electron chi connectivity index (χ3n) is 2.63. The van der Waals surface area contributed by atoms with Gasteiger partial charge in [-0.25, -0.2) is 14.0 Å². The van der Waals surface area contributed by atoms with Gasteiger partial charge < -0.3 is 9.47 Å². The van der Waals surface area contributed by atoms with E-state index in [2.05, 4.69) is 4.74 Å². The lowest BCUT2D eigenvalue weighted by Gasteiger charge is -2.17. The largest absolute Gasteiger partial charge is 0.459 e. The zero-order chi connectivity index (χ0) is 12.5. The number of alkyl halides is 1. The molecule has 1 fully saturated rings. The number of rotatable bonds is 2. The first-order chi connectivity index (χ1) is 8.01. The van der Waals surface area contributed by atoms with Crippen molar-refractivity contribution in [2.24, 2.45) is 0 Å². The van der Waals surface area contributed by atoms with Gasteiger partial charge in [0.2, 0.25) is 5.67 Å². The summed E-state index contributed by atoms with van der Waals surface area (Å²) >= 11 is 0. The van der Waals surface area contributed by atoms with Gasteiger partial charge in [0.05, 0.1) is 5.56 Å². The molecule has 1 aliphatic rings. The molecule has 2 rings (SSSR count). The van der Waals surface area contributed by atoms with Crippen LogP contribution in [-0.4, -0.2) is 30.3 Å². The molecule has 5 heteroatoms. The van der Waals surface area contributed by atoms with Crippen LogP contribution >= 0.6 is 0 Å². The topological polar surface area (TPSA) is 52.6 Å². The van der Waals surface area contributed by atoms with Crippen molar-refractivity contribution in [3.8, 4) is 0 Å². The predicted octanol–water partition coefficient (Wildman–Crippen LogP) is 1.50. The highest BCUT2D eigenvalue weighted by Gasteiger charge is 2.52. The minimum Gasteiger partial charge on any atom is -0.459 e. The van der Waals surface area contributed by atoms with Crippen LogP contribution in [0.5, 0.6) is 0 Å². The van der Waals surface area contributed by atoms with Gasteiger partial charge in [0.25, 0.3) is 0 Å². The molecule has 1 aliphatic heterocycles. The minimum atomic E-state index is -2.27. The van der Waals surface area contributed by atoms with E-state index in [0.29, 0.717) is 5.56 Å². The highest BCUT2D eigenvalue weighted by atomic mass is 19.1. The van der Waals surface area contributed by atoms with E-state index in [9.17, 15) is 14.0 Å². The summed E-state index contributed by atoms with van der Waals surface area (Å²) in [5.41, 5.74) is -1.97. The average Bonchev–Trinajstić information content (AvgIpc) is 2.57. The highest BCUT2D eigenvalue weighted by molar-refractivity contribution is 5.90. The minimum absolute atomic E-state index is 0.246. The van der Waals surface area contributed by atoms with Crippen LogP contribution in [0, 0.1) is 0 Å². The summed E-state index contributed by atoms with van der Waals surface area (Å²) in [4.78, 5) is 22.7. The average molecular weight is 238 g/mol. The van der Waals surface area contributed by atoms with Crippen LogP contribution in [0.4, 0.5) is 4.39 Å². The molecule has 1 aromatic rings. The van der Waals surface area contributed by atoms with Gasteiger partial charge in [0.15, 0.2) is 6.10 Å². The number of halogens is 1. The summed E-state index contributed by atoms with van der Waals surface area (Å²) in [7, 11) is 0. The Morgan fingerprint density at radius 1 is 1.47 bits per heavy atom. The Bertz CT molecular complexity index is 441. The summed E-state index contributed by atoms with van der Waals surface area (Å²) < 4.78 is 23.2. The van der Waals surface area contributed by atoms with Crippen LogP contribution < -0.4 is 0 Å². The smallest absolute Gasteiger partial charge is 0.347 e. The Labute approximate surface area is 97.3 Å². The van der Waals surface area contributed by atoms with Crippen molar-refractivity contribution in [3.63, 3.8) is 0 Å². The first kappa shape index (κ1) is 11.6. The maximum Gasteiger partial charge on any atom is 0.347 e. The molecule has 4 nitrogen and oxygen atoms in total. The molecule has 0 N–H and O–H groups in total. The Hall–Kier alpha value is -1.91. The van der Waals surface area contributed by atoms with Gasteiger partial charge in [-0.15, -0.1) is 0 Å². The van der Waals surface area contributed by atoms with E-state index in [4.69, 9.17) is 4.74 Å². The molecule has 0 spiro atoms. The fourth-order valence-electron chi connectivity index (χ4n) is 1.50. The van der Waals surface area contributed by atoms with Crippen molar-refractivity contribution in [2.75, 3.05) is 6.61 Å². The van der Waals surface area contributed by atoms with E-state index in [1.54, 1.807) is 30.3 Å². The van der Waals surface area contributed by atoms with Gasteiger partial charge in [-0.1, -0.05) is 18.2 Å². The van der Waals surface area contributed by atoms with Gasteiger partial charge in [-0.3, -0.25) is 0 Å². The molecule has 17 heavy (non-hydrogen) atoms. The van der Waals surface area contributed by atoms with Crippen molar-refractivity contribution >= 4 is 11.9 Å². The van der Waals surface area contributed by atoms with E-state index < -0.39 is 23.7 Å². The van der Waals surface area contributed by atoms with Gasteiger partial charge in [-0.2, -0.15) is 0 Å². The van der Waals surface area contributed by atoms with Crippen molar-refractivity contribution in [3.05, 3.63) is 35.9 Å². The Morgan fingerprint density at radius 2 is 2.12 bits per heavy atom. The molecule has 0 radical (unpaired) electrons. The number of carbonyl (C=O) groups excluding carboxylic acids is 2. The molecular formula is C12H11FO4. The standard InChI is InChI=1S/C12H11FO4/c1-12(13)9(7-16-11(12)15)17-10(14)8-5-3-2-4-6-8/h2-6,9H,7H2,1H3. The summed E-state index contributed by atoms with van der Waals surface area (Å²) in [5.74, 6) is -1.67. The highest BCUT2D eigenvalue weighted by Crippen LogP contribution is 2.27. The molecule has 90 valence electrons. The first-order valence-corrected chi connectivity index (χ1v) is 5.14. The molecule has 1 aromatic carbocycles. The van der Waals surface area contributed by atoms with Crippen LogP contribution in [0.15, 0.2) is 30.3 Å². The summed E-state index contributed by atoms with van der Waals surface area (Å²) in [6, 6.07) is 8.19. The fraction of sp³-hybridized carbons (Fsp3) is 0.333. The SMILES string of the molecule is CC1(F)C(=O)OCC1OC(=O)c1ccccc1. The molecule has 1 saturated heterocycles. The zero-order valence-corrected chi connectivity index (χ0v) is 9.18. The maximum absolute atomic E-state index is 13.8. The molecule has 2 unspecified atom stereocenters. The van der Waals surface area contributed by atoms with E-state index in [0.717, 1.165) is 6.92 Å². The van der Waals surface area contributed by atoms with Crippen LogP contribution in [0.25, 0.3) is 0 Å². The normalized spacial score (nSPS) is 27.6. The summed E-state index contributed by atoms with van der Waals surface area (Å²) in [6.45, 7) is 0.801. The van der Waals surface area contributed by atoms with Crippen LogP contribution in [0.2, 0.25) is 0 Å². The number of hydrogen-bond acceptors (Lipinski definition) is 4. The van der Waals surface area contributed by atoms with Gasteiger partial charge in [0.1, 0.15) is 6.61 Å². The molecule has 2 atom stereocenters. The Balaban J connectivity index is 2.08. The van der Waals surface area contributed by atoms with Crippen molar-refractivity contribution < 1.29 is 23.5 Å². The Kier molecular flexibility index (Phi) is 2.83. The zero-order valence-electron chi connectivity index (χ0n) is 9.18. The number of carbonyl (C=O) groups is 2. The molecule has 1 heterocycles. The van der Waals surface area contributed by atoms with Crippen molar-refractivity contribution in [2.45, 2.75) is 18.7 Å². The molecule has 0 amide bonds. The fourth-order valence-corrected chi connectivity index (χ4v) is 1.50. The second-order valence-corrected chi connectivity index (χ2v) is 3.93. The van der Waals surface area contributed by atoms with Crippen molar-refractivity contribution in [1.29, 1.82) is 0 Å².